The van der Waals surface area contributed by atoms with Crippen LogP contribution in [-0.4, -0.2) is 13.7 Å². The van der Waals surface area contributed by atoms with Crippen LogP contribution in [0, 0.1) is 18.3 Å². The summed E-state index contributed by atoms with van der Waals surface area (Å²) in [6.07, 6.45) is 1.57. The molecule has 0 aliphatic rings. The maximum absolute atomic E-state index is 9.54. The fourth-order valence-corrected chi connectivity index (χ4v) is 2.49. The molecule has 23 heavy (non-hydrogen) atoms. The van der Waals surface area contributed by atoms with Gasteiger partial charge in [-0.1, -0.05) is 36.8 Å². The largest absolute Gasteiger partial charge is 0.496 e. The highest BCUT2D eigenvalue weighted by Crippen LogP contribution is 2.30. The molecule has 0 aliphatic carbocycles. The van der Waals surface area contributed by atoms with Gasteiger partial charge in [0.2, 0.25) is 0 Å². The molecule has 0 aliphatic heterocycles. The van der Waals surface area contributed by atoms with Crippen LogP contribution in [0.3, 0.4) is 0 Å². The molecule has 0 spiro atoms. The third kappa shape index (κ3) is 4.50. The van der Waals surface area contributed by atoms with Gasteiger partial charge in [0.25, 0.3) is 0 Å². The molecule has 120 valence electrons. The van der Waals surface area contributed by atoms with Crippen LogP contribution < -0.4 is 9.47 Å². The van der Waals surface area contributed by atoms with Crippen LogP contribution >= 0.6 is 0 Å². The fraction of sp³-hybridized carbons (Fsp3) is 0.350. The molecule has 1 atom stereocenters. The third-order valence-corrected chi connectivity index (χ3v) is 3.93. The Bertz CT molecular complexity index is 671. The molecular formula is C20H23NO2. The molecule has 0 bridgehead atoms. The SMILES string of the molecule is CCc1ccc(OC)c(C(C#N)CCOc2ccc(C)cc2)c1. The highest BCUT2D eigenvalue weighted by atomic mass is 16.5. The topological polar surface area (TPSA) is 42.2 Å². The lowest BCUT2D eigenvalue weighted by molar-refractivity contribution is 0.304. The normalized spacial score (nSPS) is 11.6. The second-order valence-electron chi connectivity index (χ2n) is 5.56. The van der Waals surface area contributed by atoms with E-state index in [1.165, 1.54) is 11.1 Å². The van der Waals surface area contributed by atoms with Crippen LogP contribution in [0.15, 0.2) is 42.5 Å². The lowest BCUT2D eigenvalue weighted by Crippen LogP contribution is -2.06. The Morgan fingerprint density at radius 1 is 1.13 bits per heavy atom. The minimum Gasteiger partial charge on any atom is -0.496 e. The van der Waals surface area contributed by atoms with Gasteiger partial charge in [-0.2, -0.15) is 5.26 Å². The second-order valence-corrected chi connectivity index (χ2v) is 5.56. The minimum absolute atomic E-state index is 0.234. The quantitative estimate of drug-likeness (QED) is 0.748. The van der Waals surface area contributed by atoms with E-state index in [1.807, 2.05) is 43.3 Å². The zero-order valence-corrected chi connectivity index (χ0v) is 14.0. The Morgan fingerprint density at radius 2 is 1.87 bits per heavy atom. The molecule has 0 saturated heterocycles. The molecule has 0 aromatic heterocycles. The summed E-state index contributed by atoms with van der Waals surface area (Å²) in [4.78, 5) is 0. The molecule has 3 heteroatoms. The van der Waals surface area contributed by atoms with E-state index in [-0.39, 0.29) is 5.92 Å². The van der Waals surface area contributed by atoms with Crippen molar-refractivity contribution in [1.29, 1.82) is 5.26 Å². The highest BCUT2D eigenvalue weighted by Gasteiger charge is 2.16. The lowest BCUT2D eigenvalue weighted by atomic mass is 9.94. The molecular weight excluding hydrogens is 286 g/mol. The standard InChI is InChI=1S/C20H23NO2/c1-4-16-7-10-20(22-3)19(13-16)17(14-21)11-12-23-18-8-5-15(2)6-9-18/h5-10,13,17H,4,11-12H2,1-3H3. The Labute approximate surface area is 138 Å². The van der Waals surface area contributed by atoms with Crippen LogP contribution in [0.5, 0.6) is 11.5 Å². The van der Waals surface area contributed by atoms with Crippen molar-refractivity contribution < 1.29 is 9.47 Å². The zero-order chi connectivity index (χ0) is 16.7. The van der Waals surface area contributed by atoms with Gasteiger partial charge in [0.1, 0.15) is 11.5 Å². The van der Waals surface area contributed by atoms with E-state index >= 15 is 0 Å². The van der Waals surface area contributed by atoms with Crippen LogP contribution in [0.1, 0.15) is 36.0 Å². The minimum atomic E-state index is -0.234. The molecule has 0 N–H and O–H groups in total. The van der Waals surface area contributed by atoms with E-state index in [4.69, 9.17) is 9.47 Å². The van der Waals surface area contributed by atoms with Gasteiger partial charge < -0.3 is 9.47 Å². The summed E-state index contributed by atoms with van der Waals surface area (Å²) in [6.45, 7) is 4.65. The molecule has 0 amide bonds. The van der Waals surface area contributed by atoms with Gasteiger partial charge in [0, 0.05) is 12.0 Å². The van der Waals surface area contributed by atoms with Gasteiger partial charge >= 0.3 is 0 Å². The monoisotopic (exact) mass is 309 g/mol. The van der Waals surface area contributed by atoms with Gasteiger partial charge in [0.15, 0.2) is 0 Å². The second kappa shape index (κ2) is 8.24. The van der Waals surface area contributed by atoms with Crippen molar-refractivity contribution in [2.24, 2.45) is 0 Å². The Morgan fingerprint density at radius 3 is 2.48 bits per heavy atom. The first-order chi connectivity index (χ1) is 11.2. The van der Waals surface area contributed by atoms with Gasteiger partial charge in [-0.25, -0.2) is 0 Å². The van der Waals surface area contributed by atoms with Crippen molar-refractivity contribution in [3.8, 4) is 17.6 Å². The van der Waals surface area contributed by atoms with E-state index < -0.39 is 0 Å². The van der Waals surface area contributed by atoms with E-state index in [0.717, 1.165) is 23.5 Å². The Balaban J connectivity index is 2.05. The predicted molar refractivity (Wildman–Crippen MR) is 92.0 cm³/mol. The number of aryl methyl sites for hydroxylation is 2. The first kappa shape index (κ1) is 16.9. The number of benzene rings is 2. The molecule has 1 unspecified atom stereocenters. The number of hydrogen-bond acceptors (Lipinski definition) is 3. The predicted octanol–water partition coefficient (Wildman–Crippen LogP) is 4.64. The number of nitrogens with zero attached hydrogens (tertiary/aromatic N) is 1. The summed E-state index contributed by atoms with van der Waals surface area (Å²) in [5.74, 6) is 1.37. The summed E-state index contributed by atoms with van der Waals surface area (Å²) in [5, 5.41) is 9.54. The van der Waals surface area contributed by atoms with Crippen molar-refractivity contribution >= 4 is 0 Å². The van der Waals surface area contributed by atoms with Crippen LogP contribution in [0.4, 0.5) is 0 Å². The van der Waals surface area contributed by atoms with E-state index in [9.17, 15) is 5.26 Å². The van der Waals surface area contributed by atoms with Crippen molar-refractivity contribution in [2.75, 3.05) is 13.7 Å². The zero-order valence-electron chi connectivity index (χ0n) is 14.0. The average Bonchev–Trinajstić information content (AvgIpc) is 2.60. The Hall–Kier alpha value is -2.47. The van der Waals surface area contributed by atoms with Crippen LogP contribution in [-0.2, 0) is 6.42 Å². The molecule has 2 rings (SSSR count). The highest BCUT2D eigenvalue weighted by molar-refractivity contribution is 5.42. The number of hydrogen-bond donors (Lipinski definition) is 0. The summed E-state index contributed by atoms with van der Waals surface area (Å²) in [6, 6.07) is 16.4. The maximum atomic E-state index is 9.54. The number of rotatable bonds is 7. The van der Waals surface area contributed by atoms with Gasteiger partial charge in [-0.15, -0.1) is 0 Å². The summed E-state index contributed by atoms with van der Waals surface area (Å²) in [5.41, 5.74) is 3.36. The molecule has 0 heterocycles. The van der Waals surface area contributed by atoms with Crippen molar-refractivity contribution in [1.82, 2.24) is 0 Å². The number of methoxy groups -OCH3 is 1. The third-order valence-electron chi connectivity index (χ3n) is 3.93. The fourth-order valence-electron chi connectivity index (χ4n) is 2.49. The first-order valence-corrected chi connectivity index (χ1v) is 7.93. The molecule has 2 aromatic rings. The van der Waals surface area contributed by atoms with Crippen molar-refractivity contribution in [2.45, 2.75) is 32.6 Å². The maximum Gasteiger partial charge on any atom is 0.123 e. The molecule has 0 radical (unpaired) electrons. The van der Waals surface area contributed by atoms with Crippen molar-refractivity contribution in [3.05, 3.63) is 59.2 Å². The number of ether oxygens (including phenoxy) is 2. The van der Waals surface area contributed by atoms with Gasteiger partial charge in [-0.05, 0) is 37.1 Å². The average molecular weight is 309 g/mol. The molecule has 0 saturated carbocycles. The lowest BCUT2D eigenvalue weighted by Gasteiger charge is -2.15. The smallest absolute Gasteiger partial charge is 0.123 e. The van der Waals surface area contributed by atoms with Crippen molar-refractivity contribution in [3.63, 3.8) is 0 Å². The molecule has 2 aromatic carbocycles. The van der Waals surface area contributed by atoms with Crippen LogP contribution in [0.25, 0.3) is 0 Å². The van der Waals surface area contributed by atoms with Gasteiger partial charge in [0.05, 0.1) is 25.7 Å². The molecule has 0 fully saturated rings. The molecule has 3 nitrogen and oxygen atoms in total. The number of nitriles is 1. The van der Waals surface area contributed by atoms with E-state index in [2.05, 4.69) is 19.1 Å². The van der Waals surface area contributed by atoms with E-state index in [1.54, 1.807) is 7.11 Å². The van der Waals surface area contributed by atoms with E-state index in [0.29, 0.717) is 13.0 Å². The van der Waals surface area contributed by atoms with Crippen LogP contribution in [0.2, 0.25) is 0 Å². The summed E-state index contributed by atoms with van der Waals surface area (Å²) in [7, 11) is 1.64. The Kier molecular flexibility index (Phi) is 6.05. The van der Waals surface area contributed by atoms with Gasteiger partial charge in [-0.3, -0.25) is 0 Å². The summed E-state index contributed by atoms with van der Waals surface area (Å²) >= 11 is 0. The first-order valence-electron chi connectivity index (χ1n) is 7.93. The summed E-state index contributed by atoms with van der Waals surface area (Å²) < 4.78 is 11.2.